The molecule has 4 rings (SSSR count). The molecule has 1 atom stereocenters. The van der Waals surface area contributed by atoms with Gasteiger partial charge in [0.2, 0.25) is 5.91 Å². The van der Waals surface area contributed by atoms with Crippen molar-refractivity contribution in [2.45, 2.75) is 43.7 Å². The van der Waals surface area contributed by atoms with Gasteiger partial charge in [-0.3, -0.25) is 9.69 Å². The molecule has 2 aromatic rings. The second-order valence-electron chi connectivity index (χ2n) is 10.0. The molecule has 9 heteroatoms. The van der Waals surface area contributed by atoms with E-state index in [-0.39, 0.29) is 23.4 Å². The number of piperidine rings is 1. The summed E-state index contributed by atoms with van der Waals surface area (Å²) in [6.07, 6.45) is 2.54. The number of piperazine rings is 1. The average Bonchev–Trinajstić information content (AvgIpc) is 2.91. The van der Waals surface area contributed by atoms with Crippen molar-refractivity contribution < 1.29 is 14.3 Å². The third kappa shape index (κ3) is 7.60. The van der Waals surface area contributed by atoms with Crippen LogP contribution < -0.4 is 5.73 Å². The lowest BCUT2D eigenvalue weighted by molar-refractivity contribution is -0.136. The second kappa shape index (κ2) is 13.3. The smallest absolute Gasteiger partial charge is 0.239 e. The first-order chi connectivity index (χ1) is 17.8. The summed E-state index contributed by atoms with van der Waals surface area (Å²) in [4.78, 5) is 20.8. The Balaban J connectivity index is 1.21. The number of carbonyl (C=O) groups is 1. The lowest BCUT2D eigenvalue weighted by Crippen LogP contribution is -2.55. The molecule has 0 saturated carbocycles. The largest absolute Gasteiger partial charge is 0.508 e. The average molecular weight is 549 g/mol. The van der Waals surface area contributed by atoms with Gasteiger partial charge in [0, 0.05) is 49.2 Å². The zero-order valence-corrected chi connectivity index (χ0v) is 23.1. The molecule has 2 saturated heterocycles. The summed E-state index contributed by atoms with van der Waals surface area (Å²) in [6.45, 7) is 8.41. The van der Waals surface area contributed by atoms with Gasteiger partial charge in [0.1, 0.15) is 11.6 Å². The van der Waals surface area contributed by atoms with Crippen LogP contribution in [0.25, 0.3) is 0 Å². The minimum absolute atomic E-state index is 0.0611. The molecular formula is C28H38ClFN4O2S. The molecule has 2 heterocycles. The van der Waals surface area contributed by atoms with Gasteiger partial charge in [0.05, 0.1) is 6.04 Å². The van der Waals surface area contributed by atoms with E-state index >= 15 is 0 Å². The molecule has 0 bridgehead atoms. The molecule has 2 fully saturated rings. The Labute approximate surface area is 228 Å². The van der Waals surface area contributed by atoms with Crippen LogP contribution in [0.1, 0.15) is 30.9 Å². The predicted molar refractivity (Wildman–Crippen MR) is 149 cm³/mol. The van der Waals surface area contributed by atoms with Crippen molar-refractivity contribution in [2.24, 2.45) is 11.7 Å². The zero-order chi connectivity index (χ0) is 26.4. The van der Waals surface area contributed by atoms with E-state index in [1.165, 1.54) is 6.07 Å². The summed E-state index contributed by atoms with van der Waals surface area (Å²) >= 11 is 7.73. The molecule has 1 amide bonds. The van der Waals surface area contributed by atoms with E-state index in [2.05, 4.69) is 16.7 Å². The fourth-order valence-corrected chi connectivity index (χ4v) is 6.32. The summed E-state index contributed by atoms with van der Waals surface area (Å²) in [5, 5.41) is 10.7. The molecule has 2 aromatic carbocycles. The van der Waals surface area contributed by atoms with E-state index in [0.717, 1.165) is 80.3 Å². The van der Waals surface area contributed by atoms with Crippen molar-refractivity contribution in [3.63, 3.8) is 0 Å². The lowest BCUT2D eigenvalue weighted by atomic mass is 9.88. The standard InChI is InChI=1S/C28H38ClFN4O2S/c1-2-37-26-18-24(30)5-3-22(26)19-33-13-15-34(16-14-33)28(36)27(31)20-7-10-32(11-8-20)12-9-21-17-23(29)4-6-25(21)35/h3-6,17-18,20,27,35H,2,7-16,19,31H2,1H3/t27-/m1/s1. The quantitative estimate of drug-likeness (QED) is 0.457. The Bertz CT molecular complexity index is 1060. The van der Waals surface area contributed by atoms with Crippen molar-refractivity contribution in [1.29, 1.82) is 0 Å². The molecule has 0 aromatic heterocycles. The Morgan fingerprint density at radius 2 is 1.81 bits per heavy atom. The number of carbonyl (C=O) groups excluding carboxylic acids is 1. The van der Waals surface area contributed by atoms with Crippen LogP contribution in [0, 0.1) is 11.7 Å². The SMILES string of the molecule is CCSc1cc(F)ccc1CN1CCN(C(=O)[C@H](N)C2CCN(CCc3cc(Cl)ccc3O)CC2)CC1. The van der Waals surface area contributed by atoms with Gasteiger partial charge in [-0.25, -0.2) is 4.39 Å². The molecule has 0 unspecified atom stereocenters. The molecule has 2 aliphatic rings. The third-order valence-electron chi connectivity index (χ3n) is 7.57. The topological polar surface area (TPSA) is 73.0 Å². The van der Waals surface area contributed by atoms with E-state index < -0.39 is 6.04 Å². The number of thioether (sulfide) groups is 1. The molecule has 0 aliphatic carbocycles. The highest BCUT2D eigenvalue weighted by molar-refractivity contribution is 7.99. The van der Waals surface area contributed by atoms with E-state index in [1.807, 2.05) is 17.0 Å². The number of likely N-dealkylation sites (tertiary alicyclic amines) is 1. The monoisotopic (exact) mass is 548 g/mol. The highest BCUT2D eigenvalue weighted by atomic mass is 35.5. The van der Waals surface area contributed by atoms with Crippen molar-refractivity contribution in [3.8, 4) is 5.75 Å². The number of hydrogen-bond donors (Lipinski definition) is 2. The normalized spacial score (nSPS) is 18.8. The van der Waals surface area contributed by atoms with Crippen LogP contribution in [0.4, 0.5) is 4.39 Å². The molecule has 2 aliphatic heterocycles. The van der Waals surface area contributed by atoms with Crippen LogP contribution in [0.15, 0.2) is 41.3 Å². The molecule has 202 valence electrons. The van der Waals surface area contributed by atoms with Crippen LogP contribution >= 0.6 is 23.4 Å². The van der Waals surface area contributed by atoms with Crippen molar-refractivity contribution >= 4 is 29.3 Å². The van der Waals surface area contributed by atoms with Gasteiger partial charge in [-0.15, -0.1) is 11.8 Å². The van der Waals surface area contributed by atoms with Crippen LogP contribution in [0.3, 0.4) is 0 Å². The maximum Gasteiger partial charge on any atom is 0.239 e. The van der Waals surface area contributed by atoms with E-state index in [9.17, 15) is 14.3 Å². The van der Waals surface area contributed by atoms with Crippen LogP contribution in [0.5, 0.6) is 5.75 Å². The molecule has 0 spiro atoms. The molecule has 0 radical (unpaired) electrons. The van der Waals surface area contributed by atoms with E-state index in [0.29, 0.717) is 18.1 Å². The first-order valence-electron chi connectivity index (χ1n) is 13.2. The maximum absolute atomic E-state index is 13.7. The van der Waals surface area contributed by atoms with Crippen LogP contribution in [-0.4, -0.2) is 83.3 Å². The summed E-state index contributed by atoms with van der Waals surface area (Å²) in [5.74, 6) is 1.24. The number of halogens is 2. The molecule has 37 heavy (non-hydrogen) atoms. The first-order valence-corrected chi connectivity index (χ1v) is 14.6. The van der Waals surface area contributed by atoms with Gasteiger partial charge in [0.25, 0.3) is 0 Å². The third-order valence-corrected chi connectivity index (χ3v) is 8.79. The van der Waals surface area contributed by atoms with E-state index in [4.69, 9.17) is 17.3 Å². The Morgan fingerprint density at radius 1 is 1.08 bits per heavy atom. The number of aromatic hydroxyl groups is 1. The van der Waals surface area contributed by atoms with Gasteiger partial charge in [0.15, 0.2) is 0 Å². The van der Waals surface area contributed by atoms with Crippen molar-refractivity contribution in [1.82, 2.24) is 14.7 Å². The fourth-order valence-electron chi connectivity index (χ4n) is 5.30. The van der Waals surface area contributed by atoms with Gasteiger partial charge in [-0.1, -0.05) is 24.6 Å². The molecule has 6 nitrogen and oxygen atoms in total. The predicted octanol–water partition coefficient (Wildman–Crippen LogP) is 4.22. The fraction of sp³-hybridized carbons (Fsp3) is 0.536. The lowest BCUT2D eigenvalue weighted by Gasteiger charge is -2.39. The summed E-state index contributed by atoms with van der Waals surface area (Å²) < 4.78 is 13.7. The number of phenolic OH excluding ortho intramolecular Hbond substituents is 1. The molecular weight excluding hydrogens is 511 g/mol. The zero-order valence-electron chi connectivity index (χ0n) is 21.5. The van der Waals surface area contributed by atoms with Crippen molar-refractivity contribution in [2.75, 3.05) is 51.6 Å². The number of amides is 1. The van der Waals surface area contributed by atoms with Gasteiger partial charge >= 0.3 is 0 Å². The minimum Gasteiger partial charge on any atom is -0.508 e. The number of rotatable bonds is 9. The number of benzene rings is 2. The molecule has 3 N–H and O–H groups in total. The number of phenols is 1. The Kier molecular flexibility index (Phi) is 10.1. The van der Waals surface area contributed by atoms with Crippen molar-refractivity contribution in [3.05, 3.63) is 58.4 Å². The summed E-state index contributed by atoms with van der Waals surface area (Å²) in [7, 11) is 0. The van der Waals surface area contributed by atoms with Gasteiger partial charge in [-0.05, 0) is 85.5 Å². The number of nitrogens with zero attached hydrogens (tertiary/aromatic N) is 3. The van der Waals surface area contributed by atoms with E-state index in [1.54, 1.807) is 30.0 Å². The van der Waals surface area contributed by atoms with Crippen LogP contribution in [-0.2, 0) is 17.8 Å². The van der Waals surface area contributed by atoms with Gasteiger partial charge in [-0.2, -0.15) is 0 Å². The highest BCUT2D eigenvalue weighted by Crippen LogP contribution is 2.27. The summed E-state index contributed by atoms with van der Waals surface area (Å²) in [6, 6.07) is 9.72. The number of nitrogens with two attached hydrogens (primary N) is 1. The second-order valence-corrected chi connectivity index (χ2v) is 11.8. The van der Waals surface area contributed by atoms with Gasteiger partial charge < -0.3 is 20.6 Å². The Morgan fingerprint density at radius 3 is 2.51 bits per heavy atom. The first kappa shape index (κ1) is 28.2. The number of hydrogen-bond acceptors (Lipinski definition) is 6. The van der Waals surface area contributed by atoms with Crippen LogP contribution in [0.2, 0.25) is 5.02 Å². The summed E-state index contributed by atoms with van der Waals surface area (Å²) in [5.41, 5.74) is 8.49. The highest BCUT2D eigenvalue weighted by Gasteiger charge is 2.32. The Hall–Kier alpha value is -1.84. The maximum atomic E-state index is 13.7. The minimum atomic E-state index is -0.463.